The van der Waals surface area contributed by atoms with Crippen LogP contribution in [0.4, 0.5) is 0 Å². The van der Waals surface area contributed by atoms with Crippen LogP contribution in [0.15, 0.2) is 73.4 Å². The van der Waals surface area contributed by atoms with Gasteiger partial charge in [0.05, 0.1) is 11.9 Å². The summed E-state index contributed by atoms with van der Waals surface area (Å²) in [6.45, 7) is 4.81. The van der Waals surface area contributed by atoms with E-state index in [9.17, 15) is 9.59 Å². The number of H-pyrrole nitrogens is 1. The third-order valence-electron chi connectivity index (χ3n) is 5.96. The third kappa shape index (κ3) is 3.76. The first-order chi connectivity index (χ1) is 16.0. The quantitative estimate of drug-likeness (QED) is 0.445. The van der Waals surface area contributed by atoms with E-state index in [1.54, 1.807) is 15.6 Å². The van der Waals surface area contributed by atoms with E-state index < -0.39 is 5.91 Å². The van der Waals surface area contributed by atoms with Crippen molar-refractivity contribution in [3.05, 3.63) is 84.7 Å². The van der Waals surface area contributed by atoms with Crippen molar-refractivity contribution < 1.29 is 14.3 Å². The average molecular weight is 441 g/mol. The summed E-state index contributed by atoms with van der Waals surface area (Å²) in [5, 5.41) is 4.43. The van der Waals surface area contributed by atoms with Crippen molar-refractivity contribution in [2.75, 3.05) is 13.1 Å². The monoisotopic (exact) mass is 441 g/mol. The van der Waals surface area contributed by atoms with Crippen LogP contribution in [0.5, 0.6) is 11.5 Å². The number of nitrogens with one attached hydrogen (secondary N) is 1. The fraction of sp³-hybridized carbons (Fsp3) is 0.160. The molecule has 8 heteroatoms. The molecule has 5 rings (SSSR count). The molecule has 3 heterocycles. The first-order valence-corrected chi connectivity index (χ1v) is 10.7. The molecule has 2 aromatic heterocycles. The van der Waals surface area contributed by atoms with Gasteiger partial charge >= 0.3 is 0 Å². The fourth-order valence-corrected chi connectivity index (χ4v) is 4.33. The minimum Gasteiger partial charge on any atom is -0.457 e. The summed E-state index contributed by atoms with van der Waals surface area (Å²) in [6.07, 6.45) is 3.89. The van der Waals surface area contributed by atoms with Gasteiger partial charge in [-0.2, -0.15) is 5.10 Å². The molecule has 0 bridgehead atoms. The highest BCUT2D eigenvalue weighted by molar-refractivity contribution is 5.98. The first kappa shape index (κ1) is 20.6. The van der Waals surface area contributed by atoms with Crippen molar-refractivity contribution in [2.24, 2.45) is 5.73 Å². The number of benzene rings is 2. The van der Waals surface area contributed by atoms with Crippen molar-refractivity contribution in [2.45, 2.75) is 12.3 Å². The largest absolute Gasteiger partial charge is 0.457 e. The number of nitrogens with zero attached hydrogens (tertiary/aromatic N) is 3. The minimum absolute atomic E-state index is 0.0799. The molecule has 1 unspecified atom stereocenters. The van der Waals surface area contributed by atoms with Gasteiger partial charge in [0, 0.05) is 30.1 Å². The number of nitrogens with two attached hydrogens (primary N) is 1. The van der Waals surface area contributed by atoms with Crippen LogP contribution in [0.25, 0.3) is 16.9 Å². The van der Waals surface area contributed by atoms with E-state index >= 15 is 0 Å². The first-order valence-electron chi connectivity index (χ1n) is 10.7. The third-order valence-corrected chi connectivity index (χ3v) is 5.96. The van der Waals surface area contributed by atoms with E-state index in [1.807, 2.05) is 54.6 Å². The highest BCUT2D eigenvalue weighted by atomic mass is 16.5. The fourth-order valence-electron chi connectivity index (χ4n) is 4.33. The van der Waals surface area contributed by atoms with Crippen LogP contribution < -0.4 is 10.5 Å². The Hall–Kier alpha value is -4.33. The number of carbonyl (C=O) groups is 2. The Balaban J connectivity index is 1.47. The standard InChI is InChI=1S/C25H23N5O3/c1-2-21(31)29-13-12-17(15-29)20-14-27-30-23(24(26)32)22(28-25(20)30)16-8-10-19(11-9-16)33-18-6-4-3-5-7-18/h2-11,14,17,28H,1,12-13,15H2,(H2,26,32). The Bertz CT molecular complexity index is 1340. The SMILES string of the molecule is C=CC(=O)N1CCC(c2cnn3c(C(N)=O)c(-c4ccc(Oc5ccccc5)cc4)[nH]c23)C1. The number of carbonyl (C=O) groups excluding carboxylic acids is 2. The molecule has 33 heavy (non-hydrogen) atoms. The second kappa shape index (κ2) is 8.31. The van der Waals surface area contributed by atoms with Gasteiger partial charge in [-0.25, -0.2) is 4.52 Å². The van der Waals surface area contributed by atoms with Gasteiger partial charge in [-0.3, -0.25) is 9.59 Å². The lowest BCUT2D eigenvalue weighted by atomic mass is 10.0. The number of primary amides is 1. The average Bonchev–Trinajstić information content (AvgIpc) is 3.54. The Labute approximate surface area is 190 Å². The van der Waals surface area contributed by atoms with Gasteiger partial charge in [-0.15, -0.1) is 0 Å². The molecule has 1 aliphatic rings. The van der Waals surface area contributed by atoms with Gasteiger partial charge in [-0.1, -0.05) is 24.8 Å². The van der Waals surface area contributed by atoms with Crippen LogP contribution in [0.2, 0.25) is 0 Å². The molecule has 8 nitrogen and oxygen atoms in total. The van der Waals surface area contributed by atoms with Gasteiger partial charge in [0.2, 0.25) is 5.91 Å². The molecule has 2 amide bonds. The Kier molecular flexibility index (Phi) is 5.18. The molecule has 0 aliphatic carbocycles. The second-order valence-corrected chi connectivity index (χ2v) is 7.99. The molecule has 1 saturated heterocycles. The zero-order valence-corrected chi connectivity index (χ0v) is 17.9. The maximum absolute atomic E-state index is 12.3. The van der Waals surface area contributed by atoms with Crippen LogP contribution in [-0.2, 0) is 4.79 Å². The molecule has 3 N–H and O–H groups in total. The van der Waals surface area contributed by atoms with Gasteiger partial charge in [-0.05, 0) is 48.9 Å². The van der Waals surface area contributed by atoms with E-state index in [-0.39, 0.29) is 17.5 Å². The highest BCUT2D eigenvalue weighted by Gasteiger charge is 2.30. The minimum atomic E-state index is -0.578. The number of aromatic nitrogens is 3. The maximum Gasteiger partial charge on any atom is 0.269 e. The topological polar surface area (TPSA) is 106 Å². The second-order valence-electron chi connectivity index (χ2n) is 7.99. The van der Waals surface area contributed by atoms with Crippen molar-refractivity contribution in [3.8, 4) is 22.8 Å². The number of aromatic amines is 1. The molecular weight excluding hydrogens is 418 g/mol. The molecule has 1 fully saturated rings. The zero-order chi connectivity index (χ0) is 22.9. The van der Waals surface area contributed by atoms with Crippen LogP contribution in [0.3, 0.4) is 0 Å². The molecule has 0 saturated carbocycles. The highest BCUT2D eigenvalue weighted by Crippen LogP contribution is 2.33. The van der Waals surface area contributed by atoms with Crippen LogP contribution in [0.1, 0.15) is 28.4 Å². The molecule has 0 spiro atoms. The number of ether oxygens (including phenoxy) is 1. The van der Waals surface area contributed by atoms with Crippen molar-refractivity contribution in [1.82, 2.24) is 19.5 Å². The Morgan fingerprint density at radius 2 is 1.85 bits per heavy atom. The summed E-state index contributed by atoms with van der Waals surface area (Å²) < 4.78 is 7.41. The van der Waals surface area contributed by atoms with Crippen LogP contribution in [-0.4, -0.2) is 44.4 Å². The smallest absolute Gasteiger partial charge is 0.269 e. The number of likely N-dealkylation sites (tertiary alicyclic amines) is 1. The summed E-state index contributed by atoms with van der Waals surface area (Å²) in [4.78, 5) is 29.4. The number of rotatable bonds is 6. The van der Waals surface area contributed by atoms with E-state index in [0.717, 1.165) is 23.3 Å². The van der Waals surface area contributed by atoms with E-state index in [2.05, 4.69) is 16.7 Å². The van der Waals surface area contributed by atoms with Gasteiger partial charge in [0.1, 0.15) is 17.1 Å². The molecule has 166 valence electrons. The lowest BCUT2D eigenvalue weighted by Gasteiger charge is -2.13. The molecule has 0 radical (unpaired) electrons. The Morgan fingerprint density at radius 1 is 1.12 bits per heavy atom. The van der Waals surface area contributed by atoms with Crippen LogP contribution in [0, 0.1) is 0 Å². The number of hydrogen-bond donors (Lipinski definition) is 2. The number of fused-ring (bicyclic) bond motifs is 1. The zero-order valence-electron chi connectivity index (χ0n) is 17.9. The van der Waals surface area contributed by atoms with Crippen LogP contribution >= 0.6 is 0 Å². The normalized spacial score (nSPS) is 15.6. The summed E-state index contributed by atoms with van der Waals surface area (Å²) in [7, 11) is 0. The van der Waals surface area contributed by atoms with Crippen molar-refractivity contribution >= 4 is 17.5 Å². The van der Waals surface area contributed by atoms with Gasteiger partial charge in [0.25, 0.3) is 5.91 Å². The Morgan fingerprint density at radius 3 is 2.55 bits per heavy atom. The lowest BCUT2D eigenvalue weighted by Crippen LogP contribution is -2.26. The predicted molar refractivity (Wildman–Crippen MR) is 124 cm³/mol. The lowest BCUT2D eigenvalue weighted by molar-refractivity contribution is -0.125. The molecule has 1 atom stereocenters. The number of hydrogen-bond acceptors (Lipinski definition) is 4. The number of amides is 2. The van der Waals surface area contributed by atoms with Gasteiger partial charge in [0.15, 0.2) is 5.69 Å². The summed E-state index contributed by atoms with van der Waals surface area (Å²) in [5.41, 5.74) is 9.05. The summed E-state index contributed by atoms with van der Waals surface area (Å²) in [6, 6.07) is 16.9. The molecule has 2 aromatic carbocycles. The molecular formula is C25H23N5O3. The molecule has 1 aliphatic heterocycles. The van der Waals surface area contributed by atoms with Crippen molar-refractivity contribution in [3.63, 3.8) is 0 Å². The maximum atomic E-state index is 12.3. The van der Waals surface area contributed by atoms with Crippen molar-refractivity contribution in [1.29, 1.82) is 0 Å². The predicted octanol–water partition coefficient (Wildman–Crippen LogP) is 3.72. The summed E-state index contributed by atoms with van der Waals surface area (Å²) in [5.74, 6) is 0.876. The van der Waals surface area contributed by atoms with E-state index in [1.165, 1.54) is 6.08 Å². The van der Waals surface area contributed by atoms with Gasteiger partial charge < -0.3 is 20.4 Å². The summed E-state index contributed by atoms with van der Waals surface area (Å²) >= 11 is 0. The molecule has 4 aromatic rings. The number of para-hydroxylation sites is 1. The van der Waals surface area contributed by atoms with E-state index in [4.69, 9.17) is 10.5 Å². The number of imidazole rings is 1. The van der Waals surface area contributed by atoms with E-state index in [0.29, 0.717) is 30.2 Å².